The van der Waals surface area contributed by atoms with Crippen LogP contribution in [-0.4, -0.2) is 21.1 Å². The standard InChI is InChI=1S/C56H39BN6O/c1-37-16-12-17-38(2)54(37)62-51-32-31-42(35-53(51)63-56-46(25-15-33-58-56)43-22-6-8-26-47(43)57(62)63)64-41-21-13-20-40(34-41)59-36-60(50-29-11-10-28-49(50)59)52-30-14-24-45-44-23-7-9-27-48(44)61(55(45)52)39-18-4-3-5-19-39/h3-35H,1-2H3. The number of rotatable bonds is 6. The molecule has 0 spiro atoms. The van der Waals surface area contributed by atoms with Gasteiger partial charge in [0.15, 0.2) is 0 Å². The quantitative estimate of drug-likeness (QED) is 0.0952. The molecular formula is C56H39BN6O. The number of anilines is 4. The van der Waals surface area contributed by atoms with Crippen LogP contribution in [0.2, 0.25) is 0 Å². The minimum absolute atomic E-state index is 0.129. The number of pyridine rings is 1. The van der Waals surface area contributed by atoms with Crippen LogP contribution in [0.1, 0.15) is 11.1 Å². The highest BCUT2D eigenvalue weighted by molar-refractivity contribution is 6.86. The van der Waals surface area contributed by atoms with Crippen LogP contribution >= 0.6 is 0 Å². The summed E-state index contributed by atoms with van der Waals surface area (Å²) in [7, 11) is 0. The minimum Gasteiger partial charge on any atom is -0.458 e. The fraction of sp³-hybridized carbons (Fsp3) is 0.0357. The first-order valence-corrected chi connectivity index (χ1v) is 21.7. The number of benzene rings is 8. The molecule has 0 N–H and O–H groups in total. The second-order valence-electron chi connectivity index (χ2n) is 16.7. The molecule has 2 aliphatic heterocycles. The highest BCUT2D eigenvalue weighted by atomic mass is 16.5. The Morgan fingerprint density at radius 2 is 1.25 bits per heavy atom. The maximum Gasteiger partial charge on any atom is 0.422 e. The van der Waals surface area contributed by atoms with Gasteiger partial charge in [0.1, 0.15) is 17.3 Å². The van der Waals surface area contributed by atoms with Gasteiger partial charge in [0.05, 0.1) is 44.8 Å². The van der Waals surface area contributed by atoms with E-state index in [9.17, 15) is 0 Å². The van der Waals surface area contributed by atoms with Gasteiger partial charge in [0, 0.05) is 40.0 Å². The van der Waals surface area contributed by atoms with Crippen molar-refractivity contribution in [1.29, 1.82) is 0 Å². The fourth-order valence-corrected chi connectivity index (χ4v) is 10.3. The predicted molar refractivity (Wildman–Crippen MR) is 260 cm³/mol. The third-order valence-corrected chi connectivity index (χ3v) is 13.0. The Morgan fingerprint density at radius 1 is 0.547 bits per heavy atom. The zero-order valence-corrected chi connectivity index (χ0v) is 35.2. The largest absolute Gasteiger partial charge is 0.458 e. The summed E-state index contributed by atoms with van der Waals surface area (Å²) in [6.45, 7) is 4.28. The lowest BCUT2D eigenvalue weighted by Gasteiger charge is -2.36. The zero-order chi connectivity index (χ0) is 42.5. The van der Waals surface area contributed by atoms with Gasteiger partial charge in [-0.25, -0.2) is 4.98 Å². The van der Waals surface area contributed by atoms with Crippen molar-refractivity contribution in [3.63, 3.8) is 0 Å². The van der Waals surface area contributed by atoms with E-state index in [-0.39, 0.29) is 6.98 Å². The first kappa shape index (κ1) is 36.3. The number of para-hydroxylation sites is 6. The average Bonchev–Trinajstić information content (AvgIpc) is 4.01. The number of nitrogens with zero attached hydrogens (tertiary/aromatic N) is 6. The van der Waals surface area contributed by atoms with Crippen molar-refractivity contribution in [2.24, 2.45) is 0 Å². The van der Waals surface area contributed by atoms with E-state index < -0.39 is 0 Å². The molecule has 64 heavy (non-hydrogen) atoms. The molecule has 0 unspecified atom stereocenters. The molecule has 0 aliphatic carbocycles. The Labute approximate surface area is 371 Å². The fourth-order valence-electron chi connectivity index (χ4n) is 10.3. The molecule has 0 amide bonds. The first-order valence-electron chi connectivity index (χ1n) is 21.7. The minimum atomic E-state index is -0.129. The van der Waals surface area contributed by atoms with E-state index in [0.29, 0.717) is 0 Å². The Bertz CT molecular complexity index is 3650. The van der Waals surface area contributed by atoms with Gasteiger partial charge in [-0.3, -0.25) is 9.13 Å². The third-order valence-electron chi connectivity index (χ3n) is 13.0. The van der Waals surface area contributed by atoms with E-state index in [1.54, 1.807) is 0 Å². The Kier molecular flexibility index (Phi) is 7.99. The van der Waals surface area contributed by atoms with Crippen LogP contribution in [0, 0.1) is 20.2 Å². The summed E-state index contributed by atoms with van der Waals surface area (Å²) in [4.78, 5) is 9.91. The Morgan fingerprint density at radius 3 is 2.14 bits per heavy atom. The Balaban J connectivity index is 0.926. The van der Waals surface area contributed by atoms with Crippen LogP contribution < -0.4 is 24.4 Å². The summed E-state index contributed by atoms with van der Waals surface area (Å²) in [6, 6.07) is 68.6. The number of imidazole rings is 1. The van der Waals surface area contributed by atoms with Crippen LogP contribution in [0.25, 0.3) is 61.0 Å². The third kappa shape index (κ3) is 5.35. The van der Waals surface area contributed by atoms with Crippen molar-refractivity contribution in [2.45, 2.75) is 13.8 Å². The highest BCUT2D eigenvalue weighted by Gasteiger charge is 2.49. The lowest BCUT2D eigenvalue weighted by Crippen LogP contribution is -2.56. The van der Waals surface area contributed by atoms with E-state index >= 15 is 0 Å². The summed E-state index contributed by atoms with van der Waals surface area (Å²) in [5, 5.41) is 2.40. The number of hydrogen-bond acceptors (Lipinski definition) is 4. The van der Waals surface area contributed by atoms with Crippen molar-refractivity contribution in [3.8, 4) is 39.7 Å². The second-order valence-corrected chi connectivity index (χ2v) is 16.7. The van der Waals surface area contributed by atoms with Gasteiger partial charge in [-0.15, -0.1) is 0 Å². The number of aromatic nitrogens is 4. The SMILES string of the molecule is Cc1cccc(C)c1N1B2c3ccccc3-c3cccnc3N2c2cc(Oc3cccc(-n4[c-][n+](-c5cccc6c7ccccc7n(-c7ccccc7)c56)c5ccccc54)c3)ccc21. The first-order chi connectivity index (χ1) is 31.6. The molecule has 5 heterocycles. The van der Waals surface area contributed by atoms with Crippen molar-refractivity contribution < 1.29 is 9.30 Å². The van der Waals surface area contributed by atoms with E-state index in [4.69, 9.17) is 9.72 Å². The number of hydrogen-bond donors (Lipinski definition) is 0. The van der Waals surface area contributed by atoms with Gasteiger partial charge >= 0.3 is 6.98 Å². The van der Waals surface area contributed by atoms with E-state index in [1.165, 1.54) is 38.6 Å². The maximum atomic E-state index is 6.85. The molecule has 0 radical (unpaired) electrons. The molecular weight excluding hydrogens is 783 g/mol. The normalized spacial score (nSPS) is 12.8. The van der Waals surface area contributed by atoms with Crippen LogP contribution in [0.15, 0.2) is 200 Å². The number of aryl methyl sites for hydroxylation is 2. The van der Waals surface area contributed by atoms with E-state index in [0.717, 1.165) is 73.4 Å². The molecule has 3 aromatic heterocycles. The molecule has 0 saturated carbocycles. The summed E-state index contributed by atoms with van der Waals surface area (Å²) >= 11 is 0. The molecule has 11 aromatic rings. The summed E-state index contributed by atoms with van der Waals surface area (Å²) in [6.07, 6.45) is 5.68. The van der Waals surface area contributed by atoms with E-state index in [1.807, 2.05) is 18.3 Å². The number of fused-ring (bicyclic) bond motifs is 12. The smallest absolute Gasteiger partial charge is 0.422 e. The van der Waals surface area contributed by atoms with Gasteiger partial charge in [-0.1, -0.05) is 121 Å². The van der Waals surface area contributed by atoms with Crippen LogP contribution in [-0.2, 0) is 0 Å². The molecule has 0 saturated heterocycles. The molecule has 2 aliphatic rings. The molecule has 0 atom stereocenters. The summed E-state index contributed by atoms with van der Waals surface area (Å²) in [5.74, 6) is 2.40. The van der Waals surface area contributed by atoms with Crippen molar-refractivity contribution in [1.82, 2.24) is 14.1 Å². The topological polar surface area (TPSA) is 42.3 Å². The maximum absolute atomic E-state index is 6.85. The summed E-state index contributed by atoms with van der Waals surface area (Å²) in [5.41, 5.74) is 16.8. The van der Waals surface area contributed by atoms with Gasteiger partial charge < -0.3 is 18.9 Å². The van der Waals surface area contributed by atoms with Crippen molar-refractivity contribution in [2.75, 3.05) is 9.62 Å². The van der Waals surface area contributed by atoms with Crippen molar-refractivity contribution >= 4 is 68.2 Å². The second kappa shape index (κ2) is 14.1. The van der Waals surface area contributed by atoms with Gasteiger partial charge in [0.2, 0.25) is 0 Å². The Hall–Kier alpha value is -8.36. The number of ether oxygens (including phenoxy) is 1. The highest BCUT2D eigenvalue weighted by Crippen LogP contribution is 2.52. The molecule has 8 aromatic carbocycles. The monoisotopic (exact) mass is 822 g/mol. The van der Waals surface area contributed by atoms with Crippen LogP contribution in [0.3, 0.4) is 0 Å². The molecule has 13 rings (SSSR count). The molecule has 0 bridgehead atoms. The lowest BCUT2D eigenvalue weighted by molar-refractivity contribution is -0.571. The molecule has 7 nitrogen and oxygen atoms in total. The predicted octanol–water partition coefficient (Wildman–Crippen LogP) is 12.3. The molecule has 8 heteroatoms. The molecule has 302 valence electrons. The zero-order valence-electron chi connectivity index (χ0n) is 35.2. The van der Waals surface area contributed by atoms with Gasteiger partial charge in [0.25, 0.3) is 6.33 Å². The van der Waals surface area contributed by atoms with Gasteiger partial charge in [-0.2, -0.15) is 0 Å². The average molecular weight is 823 g/mol. The van der Waals surface area contributed by atoms with Gasteiger partial charge in [-0.05, 0) is 103 Å². The van der Waals surface area contributed by atoms with Crippen LogP contribution in [0.5, 0.6) is 11.5 Å². The van der Waals surface area contributed by atoms with Crippen molar-refractivity contribution in [3.05, 3.63) is 218 Å². The van der Waals surface area contributed by atoms with Crippen LogP contribution in [0.4, 0.5) is 22.9 Å². The molecule has 0 fully saturated rings. The lowest BCUT2D eigenvalue weighted by atomic mass is 9.59. The summed E-state index contributed by atoms with van der Waals surface area (Å²) < 4.78 is 13.6. The van der Waals surface area contributed by atoms with E-state index in [2.05, 4.69) is 225 Å².